The van der Waals surface area contributed by atoms with Gasteiger partial charge in [0.15, 0.2) is 5.82 Å². The van der Waals surface area contributed by atoms with E-state index in [2.05, 4.69) is 21.0 Å². The Morgan fingerprint density at radius 3 is 2.33 bits per heavy atom. The minimum absolute atomic E-state index is 0.705. The van der Waals surface area contributed by atoms with Crippen molar-refractivity contribution in [3.8, 4) is 11.4 Å². The Balaban J connectivity index is 2.46. The lowest BCUT2D eigenvalue weighted by Crippen LogP contribution is -1.86. The summed E-state index contributed by atoms with van der Waals surface area (Å²) in [5.74, 6) is 0.705. The van der Waals surface area contributed by atoms with Crippen molar-refractivity contribution in [2.75, 3.05) is 0 Å². The maximum Gasteiger partial charge on any atom is 0.159 e. The van der Waals surface area contributed by atoms with Crippen molar-refractivity contribution in [1.82, 2.24) is 15.0 Å². The zero-order valence-electron chi connectivity index (χ0n) is 6.31. The zero-order valence-corrected chi connectivity index (χ0v) is 6.31. The van der Waals surface area contributed by atoms with Gasteiger partial charge in [-0.25, -0.2) is 9.97 Å². The molecule has 0 aliphatic carbocycles. The van der Waals surface area contributed by atoms with Gasteiger partial charge < -0.3 is 0 Å². The lowest BCUT2D eigenvalue weighted by Gasteiger charge is -1.95. The van der Waals surface area contributed by atoms with Crippen LogP contribution in [0.15, 0.2) is 36.9 Å². The minimum Gasteiger partial charge on any atom is -0.265 e. The van der Waals surface area contributed by atoms with Gasteiger partial charge in [-0.3, -0.25) is 4.98 Å². The molecule has 0 atom stereocenters. The monoisotopic (exact) mass is 156 g/mol. The number of hydrogen-bond acceptors (Lipinski definition) is 3. The predicted molar refractivity (Wildman–Crippen MR) is 44.1 cm³/mol. The van der Waals surface area contributed by atoms with E-state index in [9.17, 15) is 0 Å². The quantitative estimate of drug-likeness (QED) is 0.625. The summed E-state index contributed by atoms with van der Waals surface area (Å²) in [6, 6.07) is 6.51. The van der Waals surface area contributed by atoms with Gasteiger partial charge in [-0.15, -0.1) is 0 Å². The molecule has 0 bridgehead atoms. The topological polar surface area (TPSA) is 38.7 Å². The molecule has 0 aliphatic heterocycles. The maximum atomic E-state index is 4.05. The van der Waals surface area contributed by atoms with Crippen LogP contribution in [0, 0.1) is 6.07 Å². The Bertz CT molecular complexity index is 307. The zero-order chi connectivity index (χ0) is 8.23. The second-order valence-electron chi connectivity index (χ2n) is 2.24. The molecule has 2 rings (SSSR count). The molecule has 57 valence electrons. The van der Waals surface area contributed by atoms with Crippen molar-refractivity contribution < 1.29 is 0 Å². The van der Waals surface area contributed by atoms with Crippen molar-refractivity contribution in [3.05, 3.63) is 43.0 Å². The summed E-state index contributed by atoms with van der Waals surface area (Å²) >= 11 is 0. The smallest absolute Gasteiger partial charge is 0.159 e. The fourth-order valence-electron chi connectivity index (χ4n) is 0.914. The molecule has 0 fully saturated rings. The molecular weight excluding hydrogens is 150 g/mol. The summed E-state index contributed by atoms with van der Waals surface area (Å²) in [6.45, 7) is 0. The van der Waals surface area contributed by atoms with Crippen LogP contribution in [0.4, 0.5) is 0 Å². The van der Waals surface area contributed by atoms with E-state index in [1.807, 2.05) is 12.1 Å². The molecule has 2 aromatic rings. The van der Waals surface area contributed by atoms with Crippen molar-refractivity contribution in [2.24, 2.45) is 0 Å². The molecule has 3 heteroatoms. The Hall–Kier alpha value is -1.77. The summed E-state index contributed by atoms with van der Waals surface area (Å²) in [7, 11) is 0. The van der Waals surface area contributed by atoms with E-state index >= 15 is 0 Å². The molecule has 0 aliphatic rings. The number of rotatable bonds is 1. The molecule has 2 aromatic heterocycles. The first-order valence-electron chi connectivity index (χ1n) is 3.55. The highest BCUT2D eigenvalue weighted by atomic mass is 14.9. The largest absolute Gasteiger partial charge is 0.265 e. The summed E-state index contributed by atoms with van der Waals surface area (Å²) < 4.78 is 0. The average Bonchev–Trinajstić information content (AvgIpc) is 2.21. The number of pyridine rings is 1. The first kappa shape index (κ1) is 6.91. The highest BCUT2D eigenvalue weighted by molar-refractivity contribution is 5.52. The average molecular weight is 156 g/mol. The molecule has 0 saturated heterocycles. The standard InChI is InChI=1S/C9H6N3/c1-4-11-9(12-5-1)8-2-6-10-7-3-8/h2-7H. The van der Waals surface area contributed by atoms with Crippen LogP contribution in [0.25, 0.3) is 11.4 Å². The third kappa shape index (κ3) is 1.29. The van der Waals surface area contributed by atoms with Crippen LogP contribution in [0.2, 0.25) is 0 Å². The van der Waals surface area contributed by atoms with Crippen molar-refractivity contribution in [1.29, 1.82) is 0 Å². The molecule has 0 saturated carbocycles. The fraction of sp³-hybridized carbons (Fsp3) is 0. The van der Waals surface area contributed by atoms with E-state index in [0.29, 0.717) is 5.82 Å². The van der Waals surface area contributed by atoms with Crippen LogP contribution < -0.4 is 0 Å². The fourth-order valence-corrected chi connectivity index (χ4v) is 0.914. The van der Waals surface area contributed by atoms with Crippen LogP contribution >= 0.6 is 0 Å². The van der Waals surface area contributed by atoms with E-state index in [0.717, 1.165) is 5.56 Å². The first-order chi connectivity index (χ1) is 5.97. The van der Waals surface area contributed by atoms with Gasteiger partial charge in [0, 0.05) is 36.4 Å². The van der Waals surface area contributed by atoms with E-state index in [4.69, 9.17) is 0 Å². The molecule has 0 spiro atoms. The molecule has 12 heavy (non-hydrogen) atoms. The predicted octanol–water partition coefficient (Wildman–Crippen LogP) is 1.34. The van der Waals surface area contributed by atoms with Gasteiger partial charge in [0.05, 0.1) is 0 Å². The number of hydrogen-bond donors (Lipinski definition) is 0. The highest BCUT2D eigenvalue weighted by Gasteiger charge is 1.96. The van der Waals surface area contributed by atoms with Gasteiger partial charge in [0.25, 0.3) is 0 Å². The molecule has 3 nitrogen and oxygen atoms in total. The van der Waals surface area contributed by atoms with Gasteiger partial charge >= 0.3 is 0 Å². The van der Waals surface area contributed by atoms with Crippen molar-refractivity contribution in [2.45, 2.75) is 0 Å². The normalized spacial score (nSPS) is 9.67. The summed E-state index contributed by atoms with van der Waals surface area (Å²) in [5, 5.41) is 0. The Morgan fingerprint density at radius 2 is 1.67 bits per heavy atom. The lowest BCUT2D eigenvalue weighted by molar-refractivity contribution is 1.16. The SMILES string of the molecule is [c]1cnc(-c2ccncc2)nc1. The van der Waals surface area contributed by atoms with Gasteiger partial charge in [-0.05, 0) is 12.1 Å². The molecular formula is C9H6N3. The lowest BCUT2D eigenvalue weighted by atomic mass is 10.2. The van der Waals surface area contributed by atoms with Gasteiger partial charge in [0.1, 0.15) is 0 Å². The van der Waals surface area contributed by atoms with Gasteiger partial charge in [0.2, 0.25) is 0 Å². The summed E-state index contributed by atoms with van der Waals surface area (Å²) in [4.78, 5) is 12.0. The molecule has 0 N–H and O–H groups in total. The third-order valence-electron chi connectivity index (χ3n) is 1.46. The van der Waals surface area contributed by atoms with Crippen LogP contribution in [-0.2, 0) is 0 Å². The Kier molecular flexibility index (Phi) is 1.78. The second kappa shape index (κ2) is 3.09. The van der Waals surface area contributed by atoms with Crippen LogP contribution in [0.5, 0.6) is 0 Å². The molecule has 2 heterocycles. The van der Waals surface area contributed by atoms with Crippen LogP contribution in [0.3, 0.4) is 0 Å². The Labute approximate surface area is 70.1 Å². The Morgan fingerprint density at radius 1 is 1.00 bits per heavy atom. The van der Waals surface area contributed by atoms with Gasteiger partial charge in [-0.2, -0.15) is 0 Å². The molecule has 0 unspecified atom stereocenters. The summed E-state index contributed by atoms with van der Waals surface area (Å²) in [6.07, 6.45) is 6.64. The van der Waals surface area contributed by atoms with Gasteiger partial charge in [-0.1, -0.05) is 0 Å². The highest BCUT2D eigenvalue weighted by Crippen LogP contribution is 2.10. The third-order valence-corrected chi connectivity index (χ3v) is 1.46. The minimum atomic E-state index is 0.705. The van der Waals surface area contributed by atoms with Crippen LogP contribution in [0.1, 0.15) is 0 Å². The molecule has 0 aromatic carbocycles. The van der Waals surface area contributed by atoms with E-state index in [1.165, 1.54) is 0 Å². The van der Waals surface area contributed by atoms with E-state index < -0.39 is 0 Å². The first-order valence-corrected chi connectivity index (χ1v) is 3.55. The number of aromatic nitrogens is 3. The van der Waals surface area contributed by atoms with Crippen molar-refractivity contribution in [3.63, 3.8) is 0 Å². The summed E-state index contributed by atoms with van der Waals surface area (Å²) in [5.41, 5.74) is 0.971. The van der Waals surface area contributed by atoms with Crippen LogP contribution in [-0.4, -0.2) is 15.0 Å². The second-order valence-corrected chi connectivity index (χ2v) is 2.24. The number of nitrogens with zero attached hydrogens (tertiary/aromatic N) is 3. The van der Waals surface area contributed by atoms with E-state index in [1.54, 1.807) is 24.8 Å². The maximum absolute atomic E-state index is 4.05. The molecule has 1 radical (unpaired) electrons. The van der Waals surface area contributed by atoms with E-state index in [-0.39, 0.29) is 0 Å². The molecule has 0 amide bonds. The van der Waals surface area contributed by atoms with Crippen molar-refractivity contribution >= 4 is 0 Å².